The topological polar surface area (TPSA) is 182 Å². The van der Waals surface area contributed by atoms with Crippen molar-refractivity contribution in [3.8, 4) is 46.5 Å². The molecule has 0 radical (unpaired) electrons. The Morgan fingerprint density at radius 3 is 1.90 bits per heavy atom. The number of likely N-dealkylation sites (N-methyl/N-ethyl adjacent to an activating group) is 1. The van der Waals surface area contributed by atoms with Gasteiger partial charge in [0.05, 0.1) is 0 Å². The molecule has 4 atom stereocenters. The monoisotopic (exact) mass is 690 g/mol. The van der Waals surface area contributed by atoms with Crippen molar-refractivity contribution in [2.75, 3.05) is 49.1 Å². The quantitative estimate of drug-likeness (QED) is 0.282. The molecule has 1 amide bonds. The molecule has 2 aliphatic rings. The number of hydrogen-bond donors (Lipinski definition) is 4. The summed E-state index contributed by atoms with van der Waals surface area (Å²) in [5, 5.41) is 50.0. The van der Waals surface area contributed by atoms with E-state index >= 15 is 0 Å². The van der Waals surface area contributed by atoms with Gasteiger partial charge in [0.1, 0.15) is 0 Å². The number of alkyl carbamates (subject to hydrolysis) is 1. The molecule has 4 N–H and O–H groups in total. The standard InChI is InChI=1S/C35H47BN6O8/c1-17-29(46-8)20-12-19(14-37)42-22(26(41(6)7)25(20)28(44)32(17)49-11)13-21-24(27(43)31(48-10)18(2)30(21)47-9)23(42)15-39-33(36-16-38)40-34(45)50-35(3,4)5/h19,22-23,26,39,43-44H,12-13,15H2,1-11H3,(H,40,45)/t19-,22?,23?,26+/m1/s1. The van der Waals surface area contributed by atoms with E-state index in [9.17, 15) is 25.5 Å². The van der Waals surface area contributed by atoms with Gasteiger partial charge < -0.3 is 0 Å². The summed E-state index contributed by atoms with van der Waals surface area (Å²) in [6.07, 6.45) is -0.295. The van der Waals surface area contributed by atoms with Crippen molar-refractivity contribution in [1.82, 2.24) is 20.4 Å². The molecule has 15 heteroatoms. The Hall–Kier alpha value is -4.86. The number of methoxy groups -OCH3 is 4. The third-order valence-corrected chi connectivity index (χ3v) is 9.26. The molecular weight excluding hydrogens is 643 g/mol. The average Bonchev–Trinajstić information content (AvgIpc) is 3.18. The molecule has 0 spiro atoms. The van der Waals surface area contributed by atoms with Gasteiger partial charge in [-0.2, -0.15) is 0 Å². The van der Waals surface area contributed by atoms with Crippen molar-refractivity contribution in [2.24, 2.45) is 0 Å². The van der Waals surface area contributed by atoms with Crippen LogP contribution in [0.5, 0.6) is 34.5 Å². The molecule has 0 bridgehead atoms. The van der Waals surface area contributed by atoms with Crippen LogP contribution >= 0.6 is 0 Å². The number of fused-ring (bicyclic) bond motifs is 3. The molecule has 2 aromatic rings. The first-order valence-corrected chi connectivity index (χ1v) is 16.2. The maximum absolute atomic E-state index is 12.7. The number of carbonyl (C=O) groups excluding carboxylic acids is 1. The van der Waals surface area contributed by atoms with E-state index in [2.05, 4.69) is 16.7 Å². The van der Waals surface area contributed by atoms with Crippen molar-refractivity contribution >= 4 is 18.7 Å². The van der Waals surface area contributed by atoms with Crippen LogP contribution in [-0.4, -0.2) is 106 Å². The first kappa shape index (κ1) is 38.0. The van der Waals surface area contributed by atoms with Crippen LogP contribution in [0.4, 0.5) is 4.79 Å². The SMILES string of the molecule is COc1c(C)c(OC)c2c(c1O)C(CNC(=BC#N)NC(=O)OC(C)(C)C)N1C(C2)[C@H](N(C)C)c2c(O)c(OC)c(C)c(OC)c2C[C@@H]1C#N. The number of amides is 1. The molecule has 2 aromatic carbocycles. The Morgan fingerprint density at radius 2 is 1.44 bits per heavy atom. The van der Waals surface area contributed by atoms with Crippen molar-refractivity contribution in [3.05, 3.63) is 33.4 Å². The zero-order valence-corrected chi connectivity index (χ0v) is 30.6. The van der Waals surface area contributed by atoms with Gasteiger partial charge in [-0.15, -0.1) is 0 Å². The number of nitrogens with zero attached hydrogens (tertiary/aromatic N) is 4. The molecule has 14 nitrogen and oxygen atoms in total. The Bertz CT molecular complexity index is 1760. The Labute approximate surface area is 294 Å². The average molecular weight is 691 g/mol. The van der Waals surface area contributed by atoms with Gasteiger partial charge in [0, 0.05) is 0 Å². The van der Waals surface area contributed by atoms with E-state index in [1.807, 2.05) is 29.9 Å². The van der Waals surface area contributed by atoms with E-state index in [0.29, 0.717) is 51.3 Å². The summed E-state index contributed by atoms with van der Waals surface area (Å²) in [5.74, 6) is 3.30. The molecule has 0 fully saturated rings. The van der Waals surface area contributed by atoms with Crippen LogP contribution in [0.3, 0.4) is 0 Å². The minimum absolute atomic E-state index is 0.00980. The third kappa shape index (κ3) is 6.80. The number of ether oxygens (including phenoxy) is 5. The van der Waals surface area contributed by atoms with E-state index in [4.69, 9.17) is 23.7 Å². The van der Waals surface area contributed by atoms with Crippen LogP contribution in [0.1, 0.15) is 66.2 Å². The summed E-state index contributed by atoms with van der Waals surface area (Å²) in [6.45, 7) is 9.92. The van der Waals surface area contributed by atoms with E-state index in [1.165, 1.54) is 14.2 Å². The molecule has 4 rings (SSSR count). The second kappa shape index (κ2) is 14.9. The van der Waals surface area contributed by atoms with Crippen molar-refractivity contribution < 1.29 is 38.7 Å². The first-order chi connectivity index (χ1) is 23.6. The summed E-state index contributed by atoms with van der Waals surface area (Å²) in [5.41, 5.74) is 2.87. The third-order valence-electron chi connectivity index (χ3n) is 9.26. The molecule has 0 aliphatic carbocycles. The van der Waals surface area contributed by atoms with Gasteiger partial charge in [-0.1, -0.05) is 0 Å². The molecule has 50 heavy (non-hydrogen) atoms. The molecule has 2 heterocycles. The van der Waals surface area contributed by atoms with Crippen LogP contribution in [0, 0.1) is 36.4 Å². The molecule has 268 valence electrons. The number of hydrogen-bond acceptors (Lipinski definition) is 13. The zero-order valence-electron chi connectivity index (χ0n) is 30.6. The van der Waals surface area contributed by atoms with Crippen molar-refractivity contribution in [1.29, 1.82) is 10.5 Å². The molecule has 0 saturated heterocycles. The Morgan fingerprint density at radius 1 is 0.920 bits per heavy atom. The van der Waals surface area contributed by atoms with Gasteiger partial charge in [0.15, 0.2) is 0 Å². The molecule has 0 aromatic heterocycles. The van der Waals surface area contributed by atoms with Crippen LogP contribution in [0.15, 0.2) is 0 Å². The fourth-order valence-electron chi connectivity index (χ4n) is 7.57. The molecule has 2 aliphatic heterocycles. The number of carbonyl (C=O) groups is 1. The van der Waals surface area contributed by atoms with Crippen molar-refractivity contribution in [2.45, 2.75) is 77.2 Å². The maximum atomic E-state index is 12.7. The zero-order chi connectivity index (χ0) is 37.2. The second-order valence-corrected chi connectivity index (χ2v) is 13.6. The van der Waals surface area contributed by atoms with Crippen LogP contribution < -0.4 is 29.6 Å². The first-order valence-electron chi connectivity index (χ1n) is 16.2. The summed E-state index contributed by atoms with van der Waals surface area (Å²) in [4.78, 5) is 16.7. The van der Waals surface area contributed by atoms with E-state index in [1.54, 1.807) is 48.8 Å². The predicted molar refractivity (Wildman–Crippen MR) is 187 cm³/mol. The van der Waals surface area contributed by atoms with E-state index < -0.39 is 35.9 Å². The van der Waals surface area contributed by atoms with Crippen molar-refractivity contribution in [3.63, 3.8) is 0 Å². The number of rotatable bonds is 9. The van der Waals surface area contributed by atoms with Gasteiger partial charge in [-0.05, 0) is 0 Å². The minimum atomic E-state index is -0.801. The number of nitriles is 2. The van der Waals surface area contributed by atoms with Gasteiger partial charge in [-0.3, -0.25) is 0 Å². The summed E-state index contributed by atoms with van der Waals surface area (Å²) < 4.78 is 28.7. The predicted octanol–water partition coefficient (Wildman–Crippen LogP) is 3.16. The number of phenolic OH excluding ortho intramolecular Hbond substituents is 2. The number of nitrogens with one attached hydrogen (secondary N) is 2. The summed E-state index contributed by atoms with van der Waals surface area (Å²) in [7, 11) is 9.83. The van der Waals surface area contributed by atoms with Gasteiger partial charge in [-0.25, -0.2) is 0 Å². The van der Waals surface area contributed by atoms with Crippen LogP contribution in [-0.2, 0) is 17.6 Å². The number of benzene rings is 2. The van der Waals surface area contributed by atoms with E-state index in [-0.39, 0.29) is 41.7 Å². The fraction of sp³-hybridized carbons (Fsp3) is 0.543. The van der Waals surface area contributed by atoms with Crippen LogP contribution in [0.25, 0.3) is 0 Å². The normalized spacial score (nSPS) is 20.1. The molecule has 2 unspecified atom stereocenters. The van der Waals surface area contributed by atoms with Crippen LogP contribution in [0.2, 0.25) is 0 Å². The number of phenols is 2. The second-order valence-electron chi connectivity index (χ2n) is 13.6. The van der Waals surface area contributed by atoms with Gasteiger partial charge in [0.25, 0.3) is 0 Å². The van der Waals surface area contributed by atoms with E-state index in [0.717, 1.165) is 6.92 Å². The Kier molecular flexibility index (Phi) is 11.3. The van der Waals surface area contributed by atoms with Gasteiger partial charge >= 0.3 is 295 Å². The Balaban J connectivity index is 2.01. The summed E-state index contributed by atoms with van der Waals surface area (Å²) in [6, 6.07) is -0.0734. The summed E-state index contributed by atoms with van der Waals surface area (Å²) >= 11 is 0. The number of aromatic hydroxyl groups is 2. The van der Waals surface area contributed by atoms with Gasteiger partial charge in [0.2, 0.25) is 0 Å². The molecular formula is C35H47BN6O8. The fourth-order valence-corrected chi connectivity index (χ4v) is 7.57. The molecule has 0 saturated carbocycles.